The van der Waals surface area contributed by atoms with E-state index in [4.69, 9.17) is 9.84 Å². The third-order valence-electron chi connectivity index (χ3n) is 6.10. The van der Waals surface area contributed by atoms with Gasteiger partial charge in [-0.1, -0.05) is 19.3 Å². The number of nitrogens with zero attached hydrogens (tertiary/aromatic N) is 3. The highest BCUT2D eigenvalue weighted by atomic mass is 16.5. The number of carbonyl (C=O) groups excluding carboxylic acids is 1. The summed E-state index contributed by atoms with van der Waals surface area (Å²) in [5.41, 5.74) is 3.14. The Morgan fingerprint density at radius 1 is 1.25 bits per heavy atom. The van der Waals surface area contributed by atoms with Crippen molar-refractivity contribution in [3.8, 4) is 0 Å². The van der Waals surface area contributed by atoms with Gasteiger partial charge in [0.05, 0.1) is 12.7 Å². The highest BCUT2D eigenvalue weighted by Gasteiger charge is 2.30. The molecular weight excluding hydrogens is 352 g/mol. The van der Waals surface area contributed by atoms with Crippen molar-refractivity contribution < 1.29 is 9.53 Å². The lowest BCUT2D eigenvalue weighted by molar-refractivity contribution is 0.0787. The Bertz CT molecular complexity index is 647. The Morgan fingerprint density at radius 3 is 2.68 bits per heavy atom. The molecule has 1 atom stereocenters. The van der Waals surface area contributed by atoms with Gasteiger partial charge in [0.2, 0.25) is 0 Å². The Labute approximate surface area is 170 Å². The molecule has 0 aliphatic heterocycles. The first-order chi connectivity index (χ1) is 13.5. The maximum absolute atomic E-state index is 12.8. The molecule has 0 saturated heterocycles. The van der Waals surface area contributed by atoms with Crippen molar-refractivity contribution in [2.24, 2.45) is 5.92 Å². The van der Waals surface area contributed by atoms with Crippen LogP contribution in [0.1, 0.15) is 74.1 Å². The SMILES string of the molecule is CC(C)OCCN[C@H]1CCc2c(c(C(=O)N(C)C)nn2CC2CCCCC2)C1. The first-order valence-corrected chi connectivity index (χ1v) is 11.1. The number of nitrogens with one attached hydrogen (secondary N) is 1. The summed E-state index contributed by atoms with van der Waals surface area (Å²) in [7, 11) is 3.63. The monoisotopic (exact) mass is 390 g/mol. The van der Waals surface area contributed by atoms with Crippen molar-refractivity contribution in [3.05, 3.63) is 17.0 Å². The number of aromatic nitrogens is 2. The molecule has 6 nitrogen and oxygen atoms in total. The second-order valence-corrected chi connectivity index (χ2v) is 8.97. The fourth-order valence-electron chi connectivity index (χ4n) is 4.57. The fraction of sp³-hybridized carbons (Fsp3) is 0.818. The summed E-state index contributed by atoms with van der Waals surface area (Å²) in [5, 5.41) is 8.45. The van der Waals surface area contributed by atoms with E-state index in [0.717, 1.165) is 39.0 Å². The molecule has 1 aromatic heterocycles. The predicted molar refractivity (Wildman–Crippen MR) is 112 cm³/mol. The van der Waals surface area contributed by atoms with Crippen LogP contribution in [0.5, 0.6) is 0 Å². The van der Waals surface area contributed by atoms with Gasteiger partial charge in [-0.15, -0.1) is 0 Å². The van der Waals surface area contributed by atoms with E-state index in [9.17, 15) is 4.79 Å². The van der Waals surface area contributed by atoms with Crippen LogP contribution in [0.4, 0.5) is 0 Å². The van der Waals surface area contributed by atoms with E-state index >= 15 is 0 Å². The van der Waals surface area contributed by atoms with Crippen LogP contribution in [0.15, 0.2) is 0 Å². The Kier molecular flexibility index (Phi) is 7.52. The van der Waals surface area contributed by atoms with Crippen LogP contribution >= 0.6 is 0 Å². The summed E-state index contributed by atoms with van der Waals surface area (Å²) in [5.74, 6) is 0.742. The number of amides is 1. The van der Waals surface area contributed by atoms with Crippen LogP contribution in [0.25, 0.3) is 0 Å². The lowest BCUT2D eigenvalue weighted by Crippen LogP contribution is -2.37. The van der Waals surface area contributed by atoms with Crippen LogP contribution < -0.4 is 5.32 Å². The topological polar surface area (TPSA) is 59.4 Å². The molecule has 0 unspecified atom stereocenters. The maximum Gasteiger partial charge on any atom is 0.274 e. The van der Waals surface area contributed by atoms with Crippen molar-refractivity contribution in [3.63, 3.8) is 0 Å². The number of ether oxygens (including phenoxy) is 1. The number of rotatable bonds is 8. The van der Waals surface area contributed by atoms with Crippen LogP contribution in [0.2, 0.25) is 0 Å². The van der Waals surface area contributed by atoms with Crippen molar-refractivity contribution in [1.82, 2.24) is 20.0 Å². The van der Waals surface area contributed by atoms with Gasteiger partial charge in [-0.05, 0) is 51.9 Å². The molecule has 1 amide bonds. The van der Waals surface area contributed by atoms with Gasteiger partial charge in [0.1, 0.15) is 0 Å². The van der Waals surface area contributed by atoms with E-state index in [0.29, 0.717) is 17.7 Å². The second kappa shape index (κ2) is 9.88. The highest BCUT2D eigenvalue weighted by Crippen LogP contribution is 2.29. The molecule has 2 aliphatic carbocycles. The number of carbonyl (C=O) groups is 1. The first-order valence-electron chi connectivity index (χ1n) is 11.1. The summed E-state index contributed by atoms with van der Waals surface area (Å²) in [4.78, 5) is 14.4. The molecule has 0 spiro atoms. The summed E-state index contributed by atoms with van der Waals surface area (Å²) >= 11 is 0. The van der Waals surface area contributed by atoms with Crippen LogP contribution in [-0.2, 0) is 24.1 Å². The van der Waals surface area contributed by atoms with Crippen molar-refractivity contribution >= 4 is 5.91 Å². The van der Waals surface area contributed by atoms with Crippen molar-refractivity contribution in [2.45, 2.75) is 83.9 Å². The van der Waals surface area contributed by atoms with Crippen molar-refractivity contribution in [2.75, 3.05) is 27.2 Å². The van der Waals surface area contributed by atoms with Gasteiger partial charge in [0.25, 0.3) is 5.91 Å². The fourth-order valence-corrected chi connectivity index (χ4v) is 4.57. The highest BCUT2D eigenvalue weighted by molar-refractivity contribution is 5.93. The van der Waals surface area contributed by atoms with E-state index in [-0.39, 0.29) is 12.0 Å². The Hall–Kier alpha value is -1.40. The standard InChI is InChI=1S/C22H38N4O2/c1-16(2)28-13-12-23-18-10-11-20-19(14-18)21(22(27)25(3)4)24-26(20)15-17-8-6-5-7-9-17/h16-18,23H,5-15H2,1-4H3/t18-/m0/s1. The molecule has 2 aliphatic rings. The number of hydrogen-bond donors (Lipinski definition) is 1. The lowest BCUT2D eigenvalue weighted by atomic mass is 9.88. The molecular formula is C22H38N4O2. The third kappa shape index (κ3) is 5.35. The van der Waals surface area contributed by atoms with Gasteiger partial charge < -0.3 is 15.0 Å². The summed E-state index contributed by atoms with van der Waals surface area (Å²) in [6, 6.07) is 0.393. The lowest BCUT2D eigenvalue weighted by Gasteiger charge is -2.26. The van der Waals surface area contributed by atoms with E-state index < -0.39 is 0 Å². The van der Waals surface area contributed by atoms with Crippen molar-refractivity contribution in [1.29, 1.82) is 0 Å². The molecule has 0 bridgehead atoms. The second-order valence-electron chi connectivity index (χ2n) is 8.97. The summed E-state index contributed by atoms with van der Waals surface area (Å²) in [6.45, 7) is 6.68. The summed E-state index contributed by atoms with van der Waals surface area (Å²) in [6.07, 6.45) is 9.88. The third-order valence-corrected chi connectivity index (χ3v) is 6.10. The zero-order valence-electron chi connectivity index (χ0n) is 18.2. The minimum Gasteiger partial charge on any atom is -0.377 e. The quantitative estimate of drug-likeness (QED) is 0.693. The Morgan fingerprint density at radius 2 is 2.00 bits per heavy atom. The van der Waals surface area contributed by atoms with E-state index in [1.54, 1.807) is 4.90 Å². The maximum atomic E-state index is 12.8. The summed E-state index contributed by atoms with van der Waals surface area (Å²) < 4.78 is 7.83. The molecule has 0 aromatic carbocycles. The van der Waals surface area contributed by atoms with E-state index in [1.165, 1.54) is 43.4 Å². The minimum absolute atomic E-state index is 0.0300. The molecule has 1 saturated carbocycles. The van der Waals surface area contributed by atoms with Gasteiger partial charge in [-0.25, -0.2) is 0 Å². The largest absolute Gasteiger partial charge is 0.377 e. The van der Waals surface area contributed by atoms with Gasteiger partial charge >= 0.3 is 0 Å². The zero-order valence-corrected chi connectivity index (χ0v) is 18.2. The molecule has 1 heterocycles. The molecule has 158 valence electrons. The molecule has 3 rings (SSSR count). The molecule has 1 aromatic rings. The normalized spacial score (nSPS) is 20.4. The molecule has 1 N–H and O–H groups in total. The number of hydrogen-bond acceptors (Lipinski definition) is 4. The van der Waals surface area contributed by atoms with E-state index in [1.807, 2.05) is 14.1 Å². The van der Waals surface area contributed by atoms with Crippen LogP contribution in [0, 0.1) is 5.92 Å². The molecule has 28 heavy (non-hydrogen) atoms. The van der Waals surface area contributed by atoms with Gasteiger partial charge in [-0.3, -0.25) is 9.48 Å². The average molecular weight is 391 g/mol. The van der Waals surface area contributed by atoms with Crippen LogP contribution in [0.3, 0.4) is 0 Å². The number of fused-ring (bicyclic) bond motifs is 1. The zero-order chi connectivity index (χ0) is 20.1. The van der Waals surface area contributed by atoms with E-state index in [2.05, 4.69) is 23.8 Å². The average Bonchev–Trinajstić information content (AvgIpc) is 3.03. The van der Waals surface area contributed by atoms with Gasteiger partial charge in [0.15, 0.2) is 5.69 Å². The first kappa shape index (κ1) is 21.3. The minimum atomic E-state index is 0.0300. The molecule has 6 heteroatoms. The predicted octanol–water partition coefficient (Wildman–Crippen LogP) is 3.04. The molecule has 1 fully saturated rings. The molecule has 0 radical (unpaired) electrons. The van der Waals surface area contributed by atoms with Crippen LogP contribution in [-0.4, -0.2) is 60.0 Å². The smallest absolute Gasteiger partial charge is 0.274 e. The Balaban J connectivity index is 1.71. The van der Waals surface area contributed by atoms with Gasteiger partial charge in [0, 0.05) is 44.5 Å². The van der Waals surface area contributed by atoms with Gasteiger partial charge in [-0.2, -0.15) is 5.10 Å².